The van der Waals surface area contributed by atoms with E-state index < -0.39 is 37.8 Å². The zero-order valence-electron chi connectivity index (χ0n) is 18.2. The molecule has 2 aliphatic rings. The van der Waals surface area contributed by atoms with Gasteiger partial charge in [0.1, 0.15) is 17.3 Å². The Morgan fingerprint density at radius 1 is 1.00 bits per heavy atom. The summed E-state index contributed by atoms with van der Waals surface area (Å²) in [6.45, 7) is 1.49. The first-order chi connectivity index (χ1) is 16.1. The molecule has 1 amide bonds. The third-order valence-electron chi connectivity index (χ3n) is 6.95. The summed E-state index contributed by atoms with van der Waals surface area (Å²) < 4.78 is 45.0. The zero-order valence-corrected chi connectivity index (χ0v) is 19.0. The summed E-state index contributed by atoms with van der Waals surface area (Å²) in [5.74, 6) is -3.06. The van der Waals surface area contributed by atoms with Crippen LogP contribution in [0.25, 0.3) is 0 Å². The van der Waals surface area contributed by atoms with Crippen LogP contribution < -0.4 is 15.5 Å². The number of sulfone groups is 1. The number of hydroxylamine groups is 1. The molecule has 1 atom stereocenters. The molecule has 11 heteroatoms. The molecule has 0 aromatic heterocycles. The number of hydrogen-bond acceptors (Lipinski definition) is 7. The summed E-state index contributed by atoms with van der Waals surface area (Å²) in [7, 11) is -4.17. The molecule has 2 fully saturated rings. The summed E-state index contributed by atoms with van der Waals surface area (Å²) in [6.07, 6.45) is 2.32. The second-order valence-electron chi connectivity index (χ2n) is 8.89. The number of rotatable bonds is 6. The number of carbonyl (C=O) groups is 2. The second-order valence-corrected chi connectivity index (χ2v) is 11.1. The van der Waals surface area contributed by atoms with Crippen molar-refractivity contribution in [2.45, 2.75) is 41.7 Å². The Morgan fingerprint density at radius 2 is 1.65 bits per heavy atom. The SMILES string of the molecule is O=C(O)c1ccc(Oc2ccc(S(=O)(=O)C3(C(=O)NO)CCC4(CCNCC4)C3)cc2)cc1F. The fourth-order valence-corrected chi connectivity index (χ4v) is 7.16. The van der Waals surface area contributed by atoms with Crippen molar-refractivity contribution >= 4 is 21.7 Å². The minimum absolute atomic E-state index is 0.0397. The number of piperidine rings is 1. The highest BCUT2D eigenvalue weighted by Gasteiger charge is 2.60. The lowest BCUT2D eigenvalue weighted by atomic mass is 9.77. The highest BCUT2D eigenvalue weighted by atomic mass is 32.2. The predicted molar refractivity (Wildman–Crippen MR) is 118 cm³/mol. The number of halogens is 1. The number of carboxylic acid groups (broad SMARTS) is 1. The molecule has 34 heavy (non-hydrogen) atoms. The van der Waals surface area contributed by atoms with Crippen molar-refractivity contribution in [1.29, 1.82) is 0 Å². The van der Waals surface area contributed by atoms with Gasteiger partial charge in [0.05, 0.1) is 10.5 Å². The van der Waals surface area contributed by atoms with Crippen molar-refractivity contribution in [3.05, 3.63) is 53.8 Å². The first kappa shape index (κ1) is 24.1. The molecular formula is C23H25FN2O7S. The van der Waals surface area contributed by atoms with Crippen LogP contribution in [0.4, 0.5) is 4.39 Å². The van der Waals surface area contributed by atoms with Crippen molar-refractivity contribution in [1.82, 2.24) is 10.8 Å². The van der Waals surface area contributed by atoms with Gasteiger partial charge in [0.15, 0.2) is 14.6 Å². The summed E-state index contributed by atoms with van der Waals surface area (Å²) in [5, 5.41) is 21.5. The number of hydrogen-bond donors (Lipinski definition) is 4. The molecule has 182 valence electrons. The van der Waals surface area contributed by atoms with Crippen molar-refractivity contribution in [3.63, 3.8) is 0 Å². The van der Waals surface area contributed by atoms with E-state index >= 15 is 0 Å². The van der Waals surface area contributed by atoms with Gasteiger partial charge in [0.2, 0.25) is 0 Å². The molecule has 0 radical (unpaired) electrons. The van der Waals surface area contributed by atoms with Crippen LogP contribution in [-0.4, -0.2) is 48.4 Å². The number of nitrogens with one attached hydrogen (secondary N) is 2. The van der Waals surface area contributed by atoms with E-state index in [1.807, 2.05) is 0 Å². The topological polar surface area (TPSA) is 142 Å². The van der Waals surface area contributed by atoms with Gasteiger partial charge >= 0.3 is 5.97 Å². The molecule has 1 spiro atoms. The number of ether oxygens (including phenoxy) is 1. The summed E-state index contributed by atoms with van der Waals surface area (Å²) in [6, 6.07) is 8.62. The van der Waals surface area contributed by atoms with Crippen LogP contribution in [0.5, 0.6) is 11.5 Å². The average molecular weight is 493 g/mol. The third-order valence-corrected chi connectivity index (χ3v) is 9.41. The normalized spacial score (nSPS) is 21.8. The van der Waals surface area contributed by atoms with Gasteiger partial charge in [-0.25, -0.2) is 23.1 Å². The maximum Gasteiger partial charge on any atom is 0.338 e. The second kappa shape index (κ2) is 8.97. The molecule has 1 aliphatic heterocycles. The van der Waals surface area contributed by atoms with Gasteiger partial charge < -0.3 is 15.2 Å². The van der Waals surface area contributed by atoms with Gasteiger partial charge in [-0.1, -0.05) is 0 Å². The number of carboxylic acids is 1. The van der Waals surface area contributed by atoms with E-state index in [0.29, 0.717) is 6.42 Å². The monoisotopic (exact) mass is 492 g/mol. The Bertz CT molecular complexity index is 1210. The molecule has 9 nitrogen and oxygen atoms in total. The van der Waals surface area contributed by atoms with E-state index in [1.54, 1.807) is 5.48 Å². The Labute approximate surface area is 195 Å². The fraction of sp³-hybridized carbons (Fsp3) is 0.391. The lowest BCUT2D eigenvalue weighted by Gasteiger charge is -2.36. The van der Waals surface area contributed by atoms with Crippen molar-refractivity contribution in [3.8, 4) is 11.5 Å². The van der Waals surface area contributed by atoms with Gasteiger partial charge in [-0.2, -0.15) is 0 Å². The molecule has 1 saturated carbocycles. The Kier molecular flexibility index (Phi) is 6.36. The van der Waals surface area contributed by atoms with Crippen LogP contribution in [-0.2, 0) is 14.6 Å². The van der Waals surface area contributed by atoms with E-state index in [9.17, 15) is 27.6 Å². The van der Waals surface area contributed by atoms with Crippen molar-refractivity contribution in [2.75, 3.05) is 13.1 Å². The molecule has 2 aromatic carbocycles. The molecule has 2 aromatic rings. The lowest BCUT2D eigenvalue weighted by molar-refractivity contribution is -0.132. The molecule has 4 N–H and O–H groups in total. The van der Waals surface area contributed by atoms with E-state index in [0.717, 1.165) is 38.1 Å². The lowest BCUT2D eigenvalue weighted by Crippen LogP contribution is -2.51. The zero-order chi connectivity index (χ0) is 24.6. The van der Waals surface area contributed by atoms with Crippen LogP contribution in [0.15, 0.2) is 47.4 Å². The largest absolute Gasteiger partial charge is 0.478 e. The average Bonchev–Trinajstić information content (AvgIpc) is 3.19. The summed E-state index contributed by atoms with van der Waals surface area (Å²) in [5.41, 5.74) is 0.798. The van der Waals surface area contributed by atoms with E-state index in [2.05, 4.69) is 5.32 Å². The minimum atomic E-state index is -4.17. The highest BCUT2D eigenvalue weighted by molar-refractivity contribution is 7.93. The third kappa shape index (κ3) is 4.15. The number of aromatic carboxylic acids is 1. The predicted octanol–water partition coefficient (Wildman–Crippen LogP) is 2.89. The van der Waals surface area contributed by atoms with Crippen LogP contribution >= 0.6 is 0 Å². The van der Waals surface area contributed by atoms with Crippen molar-refractivity contribution < 1.29 is 37.4 Å². The van der Waals surface area contributed by atoms with Gasteiger partial charge in [0.25, 0.3) is 5.91 Å². The van der Waals surface area contributed by atoms with E-state index in [1.165, 1.54) is 30.3 Å². The molecule has 1 saturated heterocycles. The first-order valence-corrected chi connectivity index (χ1v) is 12.3. The maximum atomic E-state index is 13.9. The van der Waals surface area contributed by atoms with Crippen LogP contribution in [0.2, 0.25) is 0 Å². The standard InChI is InChI=1S/C23H25FN2O7S/c24-19-13-16(3-6-18(19)20(27)28)33-15-1-4-17(5-2-15)34(31,32)23(21(29)26-30)8-7-22(14-23)9-11-25-12-10-22/h1-6,13,25,30H,7-12,14H2,(H,26,29)(H,27,28). The molecule has 0 bridgehead atoms. The Hall–Kier alpha value is -3.02. The molecule has 1 heterocycles. The van der Waals surface area contributed by atoms with Gasteiger partial charge in [-0.15, -0.1) is 0 Å². The summed E-state index contributed by atoms with van der Waals surface area (Å²) >= 11 is 0. The molecule has 1 aliphatic carbocycles. The Morgan fingerprint density at radius 3 is 2.24 bits per heavy atom. The number of amides is 1. The van der Waals surface area contributed by atoms with Crippen LogP contribution in [0.3, 0.4) is 0 Å². The van der Waals surface area contributed by atoms with Gasteiger partial charge in [-0.3, -0.25) is 10.0 Å². The first-order valence-electron chi connectivity index (χ1n) is 10.8. The smallest absolute Gasteiger partial charge is 0.338 e. The quantitative estimate of drug-likeness (QED) is 0.356. The molecular weight excluding hydrogens is 467 g/mol. The fourth-order valence-electron chi connectivity index (χ4n) is 5.06. The van der Waals surface area contributed by atoms with Crippen LogP contribution in [0, 0.1) is 11.2 Å². The minimum Gasteiger partial charge on any atom is -0.478 e. The maximum absolute atomic E-state index is 13.9. The van der Waals surface area contributed by atoms with Gasteiger partial charge in [0, 0.05) is 6.07 Å². The number of benzene rings is 2. The van der Waals surface area contributed by atoms with Crippen molar-refractivity contribution in [2.24, 2.45) is 5.41 Å². The van der Waals surface area contributed by atoms with E-state index in [-0.39, 0.29) is 34.7 Å². The summed E-state index contributed by atoms with van der Waals surface area (Å²) in [4.78, 5) is 23.6. The number of carbonyl (C=O) groups excluding carboxylic acids is 1. The highest BCUT2D eigenvalue weighted by Crippen LogP contribution is 2.54. The Balaban J connectivity index is 1.60. The molecule has 4 rings (SSSR count). The van der Waals surface area contributed by atoms with E-state index in [4.69, 9.17) is 9.84 Å². The van der Waals surface area contributed by atoms with Gasteiger partial charge in [-0.05, 0) is 87.0 Å². The molecule has 1 unspecified atom stereocenters. The van der Waals surface area contributed by atoms with Crippen LogP contribution in [0.1, 0.15) is 42.5 Å².